The van der Waals surface area contributed by atoms with E-state index in [1.807, 2.05) is 0 Å². The topological polar surface area (TPSA) is 97.1 Å². The average Bonchev–Trinajstić information content (AvgIpc) is 2.41. The van der Waals surface area contributed by atoms with Crippen LogP contribution in [0.2, 0.25) is 10.0 Å². The zero-order valence-electron chi connectivity index (χ0n) is 10.9. The average molecular weight is 347 g/mol. The van der Waals surface area contributed by atoms with Crippen LogP contribution in [0.1, 0.15) is 0 Å². The van der Waals surface area contributed by atoms with Crippen LogP contribution >= 0.6 is 23.2 Å². The van der Waals surface area contributed by atoms with Gasteiger partial charge < -0.3 is 10.7 Å². The van der Waals surface area contributed by atoms with Gasteiger partial charge in [0, 0.05) is 11.9 Å². The minimum atomic E-state index is -3.23. The number of nitrogen functional groups attached to an aromatic ring is 1. The van der Waals surface area contributed by atoms with Gasteiger partial charge in [0.15, 0.2) is 21.5 Å². The first-order valence-corrected chi connectivity index (χ1v) is 8.36. The van der Waals surface area contributed by atoms with E-state index in [1.165, 1.54) is 18.2 Å². The number of nitrogens with zero attached hydrogens (tertiary/aromatic N) is 1. The summed E-state index contributed by atoms with van der Waals surface area (Å²) < 4.78 is 22.8. The minimum absolute atomic E-state index is 0.229. The van der Waals surface area contributed by atoms with Gasteiger partial charge in [0.2, 0.25) is 0 Å². The molecule has 2 aromatic rings. The van der Waals surface area contributed by atoms with Gasteiger partial charge in [-0.3, -0.25) is 0 Å². The Labute approximate surface area is 132 Å². The number of benzene rings is 1. The maximum atomic E-state index is 11.4. The summed E-state index contributed by atoms with van der Waals surface area (Å²) in [6, 6.07) is 7.70. The summed E-state index contributed by atoms with van der Waals surface area (Å²) in [6.07, 6.45) is 1.15. The fourth-order valence-corrected chi connectivity index (χ4v) is 2.67. The van der Waals surface area contributed by atoms with Crippen LogP contribution in [0.3, 0.4) is 0 Å². The van der Waals surface area contributed by atoms with E-state index in [0.717, 1.165) is 6.26 Å². The predicted molar refractivity (Wildman–Crippen MR) is 84.9 cm³/mol. The number of sulfone groups is 1. The molecule has 0 unspecified atom stereocenters. The lowest BCUT2D eigenvalue weighted by atomic mass is 10.3. The first kappa shape index (κ1) is 15.8. The van der Waals surface area contributed by atoms with E-state index >= 15 is 0 Å². The van der Waals surface area contributed by atoms with Gasteiger partial charge in [-0.15, -0.1) is 0 Å². The normalized spacial score (nSPS) is 11.2. The highest BCUT2D eigenvalue weighted by Crippen LogP contribution is 2.30. The van der Waals surface area contributed by atoms with Crippen molar-refractivity contribution in [2.75, 3.05) is 17.0 Å². The van der Waals surface area contributed by atoms with E-state index in [1.54, 1.807) is 12.1 Å². The van der Waals surface area contributed by atoms with Gasteiger partial charge in [-0.05, 0) is 30.3 Å². The highest BCUT2D eigenvalue weighted by molar-refractivity contribution is 7.90. The maximum absolute atomic E-state index is 11.4. The Hall–Kier alpha value is -1.54. The van der Waals surface area contributed by atoms with Crippen LogP contribution in [0.15, 0.2) is 35.2 Å². The second-order valence-corrected chi connectivity index (χ2v) is 7.05. The molecule has 4 N–H and O–H groups in total. The molecular weight excluding hydrogens is 335 g/mol. The maximum Gasteiger partial charge on any atom is 0.175 e. The largest absolute Gasteiger partial charge is 0.339 e. The van der Waals surface area contributed by atoms with Crippen molar-refractivity contribution in [1.29, 1.82) is 0 Å². The van der Waals surface area contributed by atoms with Crippen molar-refractivity contribution in [3.05, 3.63) is 40.4 Å². The lowest BCUT2D eigenvalue weighted by molar-refractivity contribution is 0.602. The Kier molecular flexibility index (Phi) is 4.58. The Morgan fingerprint density at radius 3 is 2.19 bits per heavy atom. The predicted octanol–water partition coefficient (Wildman–Crippen LogP) is 2.82. The molecule has 0 bridgehead atoms. The number of anilines is 3. The lowest BCUT2D eigenvalue weighted by Crippen LogP contribution is -2.10. The molecule has 0 saturated heterocycles. The molecule has 1 aromatic heterocycles. The number of halogens is 2. The number of rotatable bonds is 4. The Balaban J connectivity index is 2.30. The summed E-state index contributed by atoms with van der Waals surface area (Å²) in [7, 11) is -3.23. The second kappa shape index (κ2) is 6.07. The number of aromatic nitrogens is 1. The van der Waals surface area contributed by atoms with Crippen molar-refractivity contribution >= 4 is 50.4 Å². The summed E-state index contributed by atoms with van der Waals surface area (Å²) in [5.74, 6) is 5.92. The van der Waals surface area contributed by atoms with Crippen molar-refractivity contribution in [3.63, 3.8) is 0 Å². The minimum Gasteiger partial charge on any atom is -0.339 e. The molecule has 0 radical (unpaired) electrons. The van der Waals surface area contributed by atoms with Crippen LogP contribution in [-0.4, -0.2) is 19.7 Å². The van der Waals surface area contributed by atoms with Gasteiger partial charge in [-0.25, -0.2) is 19.2 Å². The number of nitrogens with two attached hydrogens (primary N) is 1. The van der Waals surface area contributed by atoms with Crippen molar-refractivity contribution < 1.29 is 8.42 Å². The Morgan fingerprint density at radius 2 is 1.67 bits per heavy atom. The van der Waals surface area contributed by atoms with Gasteiger partial charge in [-0.2, -0.15) is 0 Å². The summed E-state index contributed by atoms with van der Waals surface area (Å²) in [5.41, 5.74) is 2.98. The van der Waals surface area contributed by atoms with Crippen molar-refractivity contribution in [3.8, 4) is 0 Å². The zero-order chi connectivity index (χ0) is 15.6. The molecule has 6 nitrogen and oxygen atoms in total. The van der Waals surface area contributed by atoms with Crippen molar-refractivity contribution in [2.24, 2.45) is 5.84 Å². The highest BCUT2D eigenvalue weighted by atomic mass is 35.5. The van der Waals surface area contributed by atoms with E-state index in [-0.39, 0.29) is 10.7 Å². The molecule has 1 heterocycles. The standard InChI is InChI=1S/C12H12Cl2N4O2S/c1-21(19,20)8-4-2-7(3-5-8)16-11-9(13)6-10(14)12(17-11)18-15/h2-6H,15H2,1H3,(H2,16,17,18). The quantitative estimate of drug-likeness (QED) is 0.581. The molecule has 0 aliphatic heterocycles. The van der Waals surface area contributed by atoms with Crippen LogP contribution in [0, 0.1) is 0 Å². The smallest absolute Gasteiger partial charge is 0.175 e. The first-order chi connectivity index (χ1) is 9.81. The third-order valence-electron chi connectivity index (χ3n) is 2.61. The Morgan fingerprint density at radius 1 is 1.10 bits per heavy atom. The van der Waals surface area contributed by atoms with Gasteiger partial charge in [0.1, 0.15) is 0 Å². The number of nitrogens with one attached hydrogen (secondary N) is 2. The molecule has 0 aliphatic rings. The van der Waals surface area contributed by atoms with Crippen LogP contribution < -0.4 is 16.6 Å². The molecule has 1 aromatic carbocycles. The van der Waals surface area contributed by atoms with Gasteiger partial charge in [0.25, 0.3) is 0 Å². The Bertz CT molecular complexity index is 764. The summed E-state index contributed by atoms with van der Waals surface area (Å²) >= 11 is 11.9. The molecule has 0 amide bonds. The summed E-state index contributed by atoms with van der Waals surface area (Å²) in [5, 5.41) is 3.56. The second-order valence-electron chi connectivity index (χ2n) is 4.22. The monoisotopic (exact) mass is 346 g/mol. The van der Waals surface area contributed by atoms with Crippen molar-refractivity contribution in [1.82, 2.24) is 4.98 Å². The zero-order valence-corrected chi connectivity index (χ0v) is 13.2. The first-order valence-electron chi connectivity index (χ1n) is 5.71. The van der Waals surface area contributed by atoms with Crippen LogP contribution in [-0.2, 0) is 9.84 Å². The lowest BCUT2D eigenvalue weighted by Gasteiger charge is -2.11. The molecular formula is C12H12Cl2N4O2S. The molecule has 0 fully saturated rings. The van der Waals surface area contributed by atoms with E-state index in [2.05, 4.69) is 15.7 Å². The van der Waals surface area contributed by atoms with Gasteiger partial charge in [-0.1, -0.05) is 23.2 Å². The fraction of sp³-hybridized carbons (Fsp3) is 0.0833. The van der Waals surface area contributed by atoms with E-state index in [0.29, 0.717) is 21.6 Å². The van der Waals surface area contributed by atoms with Crippen molar-refractivity contribution in [2.45, 2.75) is 4.90 Å². The summed E-state index contributed by atoms with van der Waals surface area (Å²) in [4.78, 5) is 4.36. The number of hydrazine groups is 1. The molecule has 0 spiro atoms. The third kappa shape index (κ3) is 3.76. The summed E-state index contributed by atoms with van der Waals surface area (Å²) in [6.45, 7) is 0. The molecule has 0 atom stereocenters. The van der Waals surface area contributed by atoms with E-state index < -0.39 is 9.84 Å². The molecule has 21 heavy (non-hydrogen) atoms. The van der Waals surface area contributed by atoms with Crippen LogP contribution in [0.5, 0.6) is 0 Å². The molecule has 112 valence electrons. The van der Waals surface area contributed by atoms with Gasteiger partial charge in [0.05, 0.1) is 14.9 Å². The highest BCUT2D eigenvalue weighted by Gasteiger charge is 2.10. The molecule has 0 saturated carbocycles. The number of pyridine rings is 1. The fourth-order valence-electron chi connectivity index (χ4n) is 1.58. The number of hydrogen-bond acceptors (Lipinski definition) is 6. The van der Waals surface area contributed by atoms with Gasteiger partial charge >= 0.3 is 0 Å². The van der Waals surface area contributed by atoms with E-state index in [4.69, 9.17) is 29.0 Å². The molecule has 2 rings (SSSR count). The van der Waals surface area contributed by atoms with Crippen LogP contribution in [0.4, 0.5) is 17.3 Å². The number of hydrogen-bond donors (Lipinski definition) is 3. The van der Waals surface area contributed by atoms with E-state index in [9.17, 15) is 8.42 Å². The third-order valence-corrected chi connectivity index (χ3v) is 4.32. The molecule has 0 aliphatic carbocycles. The van der Waals surface area contributed by atoms with Crippen LogP contribution in [0.25, 0.3) is 0 Å². The molecule has 9 heteroatoms. The SMILES string of the molecule is CS(=O)(=O)c1ccc(Nc2nc(NN)c(Cl)cc2Cl)cc1.